The molecule has 1 aromatic heterocycles. The lowest BCUT2D eigenvalue weighted by Gasteiger charge is -2.35. The van der Waals surface area contributed by atoms with Crippen LogP contribution in [0.5, 0.6) is 0 Å². The fourth-order valence-corrected chi connectivity index (χ4v) is 4.23. The summed E-state index contributed by atoms with van der Waals surface area (Å²) in [5.74, 6) is 0.705. The van der Waals surface area contributed by atoms with E-state index in [0.29, 0.717) is 12.0 Å². The van der Waals surface area contributed by atoms with Crippen LogP contribution in [0.3, 0.4) is 0 Å². The van der Waals surface area contributed by atoms with Crippen LogP contribution in [0.1, 0.15) is 35.7 Å². The Bertz CT molecular complexity index is 355. The number of hydrogen-bond donors (Lipinski definition) is 1. The zero-order valence-electron chi connectivity index (χ0n) is 9.69. The lowest BCUT2D eigenvalue weighted by Crippen LogP contribution is -2.33. The van der Waals surface area contributed by atoms with Crippen molar-refractivity contribution in [3.63, 3.8) is 0 Å². The van der Waals surface area contributed by atoms with Gasteiger partial charge in [-0.15, -0.1) is 11.3 Å². The fraction of sp³-hybridized carbons (Fsp3) is 0.692. The Morgan fingerprint density at radius 2 is 2.19 bits per heavy atom. The Kier molecular flexibility index (Phi) is 3.01. The predicted molar refractivity (Wildman–Crippen MR) is 68.7 cm³/mol. The van der Waals surface area contributed by atoms with Gasteiger partial charge >= 0.3 is 0 Å². The molecule has 2 atom stereocenters. The van der Waals surface area contributed by atoms with Gasteiger partial charge in [-0.3, -0.25) is 4.90 Å². The largest absolute Gasteiger partial charge is 0.330 e. The standard InChI is InChI=1S/C13H20N2S/c14-9-10-7-12(15-4-1-2-5-15)11-3-6-16-13(11)8-10/h3,6,10,12H,1-2,4-5,7-9,14H2. The van der Waals surface area contributed by atoms with E-state index >= 15 is 0 Å². The van der Waals surface area contributed by atoms with Gasteiger partial charge in [0, 0.05) is 10.9 Å². The van der Waals surface area contributed by atoms with Crippen LogP contribution < -0.4 is 5.73 Å². The SMILES string of the molecule is NCC1Cc2sccc2C(N2CCCC2)C1. The van der Waals surface area contributed by atoms with Crippen molar-refractivity contribution in [3.05, 3.63) is 21.9 Å². The summed E-state index contributed by atoms with van der Waals surface area (Å²) in [7, 11) is 0. The first kappa shape index (κ1) is 10.8. The number of likely N-dealkylation sites (tertiary alicyclic amines) is 1. The normalized spacial score (nSPS) is 30.6. The zero-order valence-corrected chi connectivity index (χ0v) is 10.5. The van der Waals surface area contributed by atoms with Gasteiger partial charge in [-0.05, 0) is 68.2 Å². The average molecular weight is 236 g/mol. The third kappa shape index (κ3) is 1.81. The molecule has 2 aliphatic rings. The number of rotatable bonds is 2. The Morgan fingerprint density at radius 1 is 1.38 bits per heavy atom. The Hall–Kier alpha value is -0.380. The minimum Gasteiger partial charge on any atom is -0.330 e. The molecule has 1 aliphatic heterocycles. The summed E-state index contributed by atoms with van der Waals surface area (Å²) in [4.78, 5) is 4.27. The Balaban J connectivity index is 1.87. The second-order valence-corrected chi connectivity index (χ2v) is 6.10. The molecule has 2 unspecified atom stereocenters. The number of nitrogens with zero attached hydrogens (tertiary/aromatic N) is 1. The van der Waals surface area contributed by atoms with Gasteiger partial charge < -0.3 is 5.73 Å². The molecule has 0 aromatic carbocycles. The second kappa shape index (κ2) is 4.47. The van der Waals surface area contributed by atoms with Gasteiger partial charge in [0.25, 0.3) is 0 Å². The van der Waals surface area contributed by atoms with Gasteiger partial charge in [0.1, 0.15) is 0 Å². The van der Waals surface area contributed by atoms with Crippen molar-refractivity contribution in [1.29, 1.82) is 0 Å². The zero-order chi connectivity index (χ0) is 11.0. The van der Waals surface area contributed by atoms with E-state index in [-0.39, 0.29) is 0 Å². The average Bonchev–Trinajstić information content (AvgIpc) is 2.98. The van der Waals surface area contributed by atoms with Crippen molar-refractivity contribution in [2.75, 3.05) is 19.6 Å². The summed E-state index contributed by atoms with van der Waals surface area (Å²) < 4.78 is 0. The van der Waals surface area contributed by atoms with Crippen LogP contribution in [0.15, 0.2) is 11.4 Å². The maximum absolute atomic E-state index is 5.88. The van der Waals surface area contributed by atoms with Gasteiger partial charge in [0.15, 0.2) is 0 Å². The summed E-state index contributed by atoms with van der Waals surface area (Å²) in [6.45, 7) is 3.43. The van der Waals surface area contributed by atoms with Gasteiger partial charge in [-0.25, -0.2) is 0 Å². The highest BCUT2D eigenvalue weighted by Gasteiger charge is 2.32. The molecule has 1 aromatic rings. The highest BCUT2D eigenvalue weighted by atomic mass is 32.1. The van der Waals surface area contributed by atoms with E-state index in [0.717, 1.165) is 6.54 Å². The Morgan fingerprint density at radius 3 is 2.94 bits per heavy atom. The molecule has 2 nitrogen and oxygen atoms in total. The van der Waals surface area contributed by atoms with Crippen molar-refractivity contribution in [3.8, 4) is 0 Å². The van der Waals surface area contributed by atoms with E-state index in [1.807, 2.05) is 11.3 Å². The molecule has 0 saturated carbocycles. The van der Waals surface area contributed by atoms with Gasteiger partial charge in [0.05, 0.1) is 0 Å². The van der Waals surface area contributed by atoms with E-state index in [4.69, 9.17) is 5.73 Å². The molecule has 1 saturated heterocycles. The van der Waals surface area contributed by atoms with Crippen LogP contribution in [-0.2, 0) is 6.42 Å². The first-order valence-electron chi connectivity index (χ1n) is 6.39. The van der Waals surface area contributed by atoms with Crippen molar-refractivity contribution in [2.45, 2.75) is 31.7 Å². The summed E-state index contributed by atoms with van der Waals surface area (Å²) in [5, 5.41) is 2.26. The Labute approximate surface area is 101 Å². The smallest absolute Gasteiger partial charge is 0.0362 e. The summed E-state index contributed by atoms with van der Waals surface area (Å²) in [5.41, 5.74) is 7.48. The lowest BCUT2D eigenvalue weighted by molar-refractivity contribution is 0.196. The van der Waals surface area contributed by atoms with E-state index in [1.54, 1.807) is 10.4 Å². The molecule has 0 radical (unpaired) electrons. The third-order valence-corrected chi connectivity index (χ3v) is 5.04. The van der Waals surface area contributed by atoms with Crippen LogP contribution in [0.4, 0.5) is 0 Å². The minimum atomic E-state index is 0.672. The van der Waals surface area contributed by atoms with Gasteiger partial charge in [-0.1, -0.05) is 0 Å². The maximum atomic E-state index is 5.88. The van der Waals surface area contributed by atoms with Crippen LogP contribution in [0.2, 0.25) is 0 Å². The lowest BCUT2D eigenvalue weighted by atomic mass is 9.84. The van der Waals surface area contributed by atoms with E-state index in [1.165, 1.54) is 38.8 Å². The monoisotopic (exact) mass is 236 g/mol. The molecular formula is C13H20N2S. The third-order valence-electron chi connectivity index (χ3n) is 4.08. The number of hydrogen-bond acceptors (Lipinski definition) is 3. The molecule has 1 aliphatic carbocycles. The molecular weight excluding hydrogens is 216 g/mol. The quantitative estimate of drug-likeness (QED) is 0.854. The van der Waals surface area contributed by atoms with Crippen LogP contribution in [-0.4, -0.2) is 24.5 Å². The molecule has 16 heavy (non-hydrogen) atoms. The van der Waals surface area contributed by atoms with E-state index in [2.05, 4.69) is 16.3 Å². The molecule has 0 amide bonds. The predicted octanol–water partition coefficient (Wildman–Crippen LogP) is 2.41. The summed E-state index contributed by atoms with van der Waals surface area (Å²) in [6, 6.07) is 3.02. The highest BCUT2D eigenvalue weighted by molar-refractivity contribution is 7.10. The first-order chi connectivity index (χ1) is 7.88. The number of nitrogens with two attached hydrogens (primary N) is 1. The van der Waals surface area contributed by atoms with Crippen molar-refractivity contribution in [1.82, 2.24) is 4.90 Å². The molecule has 0 bridgehead atoms. The molecule has 88 valence electrons. The van der Waals surface area contributed by atoms with Crippen molar-refractivity contribution < 1.29 is 0 Å². The first-order valence-corrected chi connectivity index (χ1v) is 7.27. The topological polar surface area (TPSA) is 29.3 Å². The van der Waals surface area contributed by atoms with Crippen LogP contribution in [0.25, 0.3) is 0 Å². The van der Waals surface area contributed by atoms with E-state index < -0.39 is 0 Å². The summed E-state index contributed by atoms with van der Waals surface area (Å²) in [6.07, 6.45) is 5.25. The summed E-state index contributed by atoms with van der Waals surface area (Å²) >= 11 is 1.92. The molecule has 2 N–H and O–H groups in total. The molecule has 1 fully saturated rings. The van der Waals surface area contributed by atoms with E-state index in [9.17, 15) is 0 Å². The van der Waals surface area contributed by atoms with Crippen LogP contribution in [0, 0.1) is 5.92 Å². The molecule has 2 heterocycles. The number of fused-ring (bicyclic) bond motifs is 1. The fourth-order valence-electron chi connectivity index (χ4n) is 3.18. The maximum Gasteiger partial charge on any atom is 0.0362 e. The van der Waals surface area contributed by atoms with Crippen molar-refractivity contribution >= 4 is 11.3 Å². The minimum absolute atomic E-state index is 0.672. The second-order valence-electron chi connectivity index (χ2n) is 5.10. The molecule has 0 spiro atoms. The number of thiophene rings is 1. The molecule has 3 rings (SSSR count). The molecule has 3 heteroatoms. The van der Waals surface area contributed by atoms with Crippen LogP contribution >= 0.6 is 11.3 Å². The van der Waals surface area contributed by atoms with Crippen molar-refractivity contribution in [2.24, 2.45) is 11.7 Å². The van der Waals surface area contributed by atoms with Gasteiger partial charge in [0.2, 0.25) is 0 Å². The van der Waals surface area contributed by atoms with Gasteiger partial charge in [-0.2, -0.15) is 0 Å². The highest BCUT2D eigenvalue weighted by Crippen LogP contribution is 2.40.